The Hall–Kier alpha value is -2.31. The number of hydrogen-bond donors (Lipinski definition) is 0. The van der Waals surface area contributed by atoms with Crippen LogP contribution >= 0.6 is 11.6 Å². The van der Waals surface area contributed by atoms with Gasteiger partial charge >= 0.3 is 0 Å². The van der Waals surface area contributed by atoms with Crippen molar-refractivity contribution in [1.29, 1.82) is 0 Å². The van der Waals surface area contributed by atoms with Crippen molar-refractivity contribution in [1.82, 2.24) is 0 Å². The van der Waals surface area contributed by atoms with Crippen LogP contribution in [0.1, 0.15) is 28.2 Å². The zero-order valence-corrected chi connectivity index (χ0v) is 13.9. The van der Waals surface area contributed by atoms with Crippen molar-refractivity contribution in [3.8, 4) is 0 Å². The second-order valence-electron chi connectivity index (χ2n) is 5.71. The van der Waals surface area contributed by atoms with Crippen LogP contribution in [0.3, 0.4) is 0 Å². The molecule has 1 heteroatoms. The zero-order valence-electron chi connectivity index (χ0n) is 13.1. The van der Waals surface area contributed by atoms with Gasteiger partial charge in [0.2, 0.25) is 0 Å². The predicted octanol–water partition coefficient (Wildman–Crippen LogP) is 6.49. The highest BCUT2D eigenvalue weighted by Gasteiger charge is 2.10. The quantitative estimate of drug-likeness (QED) is 0.515. The Morgan fingerprint density at radius 2 is 1.35 bits per heavy atom. The fourth-order valence-corrected chi connectivity index (χ4v) is 2.76. The largest absolute Gasteiger partial charge is 0.0843 e. The lowest BCUT2D eigenvalue weighted by atomic mass is 9.90. The summed E-state index contributed by atoms with van der Waals surface area (Å²) in [7, 11) is 0. The molecular formula is C22H19Cl. The molecular weight excluding hydrogens is 300 g/mol. The molecule has 0 spiro atoms. The Morgan fingerprint density at radius 3 is 2.00 bits per heavy atom. The Bertz CT molecular complexity index is 768. The maximum Gasteiger partial charge on any atom is 0.0406 e. The SMILES string of the molecule is Cc1ccc(/C=C/C(c2ccccc2)c2ccc(Cl)cc2)cc1. The van der Waals surface area contributed by atoms with E-state index in [2.05, 4.69) is 79.7 Å². The average Bonchev–Trinajstić information content (AvgIpc) is 2.59. The van der Waals surface area contributed by atoms with Crippen LogP contribution in [-0.4, -0.2) is 0 Å². The van der Waals surface area contributed by atoms with E-state index in [1.165, 1.54) is 22.3 Å². The third-order valence-corrected chi connectivity index (χ3v) is 4.20. The van der Waals surface area contributed by atoms with Crippen molar-refractivity contribution >= 4 is 17.7 Å². The van der Waals surface area contributed by atoms with E-state index < -0.39 is 0 Å². The molecule has 0 fully saturated rings. The molecule has 0 nitrogen and oxygen atoms in total. The van der Waals surface area contributed by atoms with Gasteiger partial charge in [-0.3, -0.25) is 0 Å². The predicted molar refractivity (Wildman–Crippen MR) is 100.0 cm³/mol. The highest BCUT2D eigenvalue weighted by atomic mass is 35.5. The normalized spacial score (nSPS) is 12.4. The summed E-state index contributed by atoms with van der Waals surface area (Å²) in [6, 6.07) is 27.2. The number of allylic oxidation sites excluding steroid dienone is 1. The summed E-state index contributed by atoms with van der Waals surface area (Å²) in [5, 5.41) is 0.767. The second kappa shape index (κ2) is 7.30. The third-order valence-electron chi connectivity index (χ3n) is 3.95. The molecule has 3 aromatic rings. The van der Waals surface area contributed by atoms with Crippen LogP contribution in [0.5, 0.6) is 0 Å². The van der Waals surface area contributed by atoms with E-state index in [0.717, 1.165) is 5.02 Å². The van der Waals surface area contributed by atoms with E-state index in [1.54, 1.807) is 0 Å². The maximum atomic E-state index is 6.03. The summed E-state index contributed by atoms with van der Waals surface area (Å²) >= 11 is 6.03. The average molecular weight is 319 g/mol. The van der Waals surface area contributed by atoms with Crippen LogP contribution < -0.4 is 0 Å². The van der Waals surface area contributed by atoms with Crippen molar-refractivity contribution < 1.29 is 0 Å². The van der Waals surface area contributed by atoms with Crippen LogP contribution in [-0.2, 0) is 0 Å². The number of rotatable bonds is 4. The molecule has 0 aromatic heterocycles. The molecule has 0 N–H and O–H groups in total. The fourth-order valence-electron chi connectivity index (χ4n) is 2.63. The Kier molecular flexibility index (Phi) is 4.95. The number of benzene rings is 3. The van der Waals surface area contributed by atoms with Gasteiger partial charge in [0.25, 0.3) is 0 Å². The fraction of sp³-hybridized carbons (Fsp3) is 0.0909. The summed E-state index contributed by atoms with van der Waals surface area (Å²) in [6.07, 6.45) is 4.44. The smallest absolute Gasteiger partial charge is 0.0406 e. The lowest BCUT2D eigenvalue weighted by Crippen LogP contribution is -1.97. The summed E-state index contributed by atoms with van der Waals surface area (Å²) < 4.78 is 0. The zero-order chi connectivity index (χ0) is 16.1. The standard InChI is InChI=1S/C22H19Cl/c1-17-7-9-18(10-8-17)11-16-22(19-5-3-2-4-6-19)20-12-14-21(23)15-13-20/h2-16,22H,1H3/b16-11+. The minimum Gasteiger partial charge on any atom is -0.0843 e. The Morgan fingerprint density at radius 1 is 0.739 bits per heavy atom. The van der Waals surface area contributed by atoms with Crippen molar-refractivity contribution in [3.05, 3.63) is 112 Å². The molecule has 0 heterocycles. The van der Waals surface area contributed by atoms with Gasteiger partial charge in [0.05, 0.1) is 0 Å². The third kappa shape index (κ3) is 4.12. The van der Waals surface area contributed by atoms with E-state index in [9.17, 15) is 0 Å². The van der Waals surface area contributed by atoms with E-state index in [-0.39, 0.29) is 5.92 Å². The van der Waals surface area contributed by atoms with Crippen LogP contribution in [0.2, 0.25) is 5.02 Å². The molecule has 0 aliphatic carbocycles. The molecule has 114 valence electrons. The first kappa shape index (κ1) is 15.6. The molecule has 23 heavy (non-hydrogen) atoms. The van der Waals surface area contributed by atoms with Gasteiger partial charge in [0.1, 0.15) is 0 Å². The molecule has 0 saturated carbocycles. The van der Waals surface area contributed by atoms with Crippen LogP contribution in [0, 0.1) is 6.92 Å². The van der Waals surface area contributed by atoms with Crippen LogP contribution in [0.15, 0.2) is 84.9 Å². The first-order chi connectivity index (χ1) is 11.2. The lowest BCUT2D eigenvalue weighted by Gasteiger charge is -2.14. The van der Waals surface area contributed by atoms with E-state index in [4.69, 9.17) is 11.6 Å². The molecule has 0 saturated heterocycles. The molecule has 0 aliphatic rings. The molecule has 0 radical (unpaired) electrons. The maximum absolute atomic E-state index is 6.03. The van der Waals surface area contributed by atoms with E-state index in [1.807, 2.05) is 18.2 Å². The summed E-state index contributed by atoms with van der Waals surface area (Å²) in [4.78, 5) is 0. The van der Waals surface area contributed by atoms with Gasteiger partial charge in [-0.15, -0.1) is 0 Å². The number of hydrogen-bond acceptors (Lipinski definition) is 0. The van der Waals surface area contributed by atoms with E-state index in [0.29, 0.717) is 0 Å². The van der Waals surface area contributed by atoms with Gasteiger partial charge in [-0.2, -0.15) is 0 Å². The Labute approximate surface area is 143 Å². The first-order valence-electron chi connectivity index (χ1n) is 7.78. The molecule has 3 rings (SSSR count). The van der Waals surface area contributed by atoms with Gasteiger partial charge in [-0.1, -0.05) is 96.0 Å². The van der Waals surface area contributed by atoms with Gasteiger partial charge in [0, 0.05) is 10.9 Å². The highest BCUT2D eigenvalue weighted by molar-refractivity contribution is 6.30. The summed E-state index contributed by atoms with van der Waals surface area (Å²) in [6.45, 7) is 2.11. The minimum absolute atomic E-state index is 0.217. The lowest BCUT2D eigenvalue weighted by molar-refractivity contribution is 1.03. The second-order valence-corrected chi connectivity index (χ2v) is 6.15. The molecule has 0 aliphatic heterocycles. The monoisotopic (exact) mass is 318 g/mol. The van der Waals surface area contributed by atoms with Gasteiger partial charge in [-0.05, 0) is 35.7 Å². The molecule has 0 amide bonds. The van der Waals surface area contributed by atoms with E-state index >= 15 is 0 Å². The van der Waals surface area contributed by atoms with Crippen molar-refractivity contribution in [2.75, 3.05) is 0 Å². The van der Waals surface area contributed by atoms with Gasteiger partial charge < -0.3 is 0 Å². The molecule has 0 bridgehead atoms. The summed E-state index contributed by atoms with van der Waals surface area (Å²) in [5.41, 5.74) is 5.01. The van der Waals surface area contributed by atoms with Crippen LogP contribution in [0.4, 0.5) is 0 Å². The van der Waals surface area contributed by atoms with Gasteiger partial charge in [-0.25, -0.2) is 0 Å². The van der Waals surface area contributed by atoms with Crippen LogP contribution in [0.25, 0.3) is 6.08 Å². The van der Waals surface area contributed by atoms with Crippen molar-refractivity contribution in [2.45, 2.75) is 12.8 Å². The molecule has 1 atom stereocenters. The number of aryl methyl sites for hydroxylation is 1. The highest BCUT2D eigenvalue weighted by Crippen LogP contribution is 2.28. The Balaban J connectivity index is 1.95. The summed E-state index contributed by atoms with van der Waals surface area (Å²) in [5.74, 6) is 0.217. The minimum atomic E-state index is 0.217. The number of halogens is 1. The van der Waals surface area contributed by atoms with Crippen molar-refractivity contribution in [3.63, 3.8) is 0 Å². The topological polar surface area (TPSA) is 0 Å². The molecule has 3 aromatic carbocycles. The van der Waals surface area contributed by atoms with Crippen molar-refractivity contribution in [2.24, 2.45) is 0 Å². The molecule has 1 unspecified atom stereocenters. The van der Waals surface area contributed by atoms with Gasteiger partial charge in [0.15, 0.2) is 0 Å². The first-order valence-corrected chi connectivity index (χ1v) is 8.15.